The van der Waals surface area contributed by atoms with E-state index in [-0.39, 0.29) is 12.3 Å². The molecule has 0 aliphatic carbocycles. The fourth-order valence-corrected chi connectivity index (χ4v) is 1.90. The normalized spacial score (nSPS) is 10.2. The number of aromatic nitrogens is 3. The van der Waals surface area contributed by atoms with Crippen LogP contribution in [-0.2, 0) is 11.3 Å². The van der Waals surface area contributed by atoms with Gasteiger partial charge >= 0.3 is 5.97 Å². The number of esters is 1. The Bertz CT molecular complexity index is 649. The van der Waals surface area contributed by atoms with Gasteiger partial charge in [0.15, 0.2) is 5.69 Å². The molecule has 0 atom stereocenters. The standard InChI is InChI=1S/C15H17N3O3/c1-4-9-21-15(19)14-11(2)18(17-16-14)10-12-7-5-6-8-13(12)20-3/h4-8H,1,9-10H2,2-3H3. The third kappa shape index (κ3) is 3.28. The van der Waals surface area contributed by atoms with Crippen LogP contribution in [0.25, 0.3) is 0 Å². The molecule has 110 valence electrons. The van der Waals surface area contributed by atoms with Crippen molar-refractivity contribution in [3.05, 3.63) is 53.9 Å². The van der Waals surface area contributed by atoms with Gasteiger partial charge in [0.05, 0.1) is 19.3 Å². The van der Waals surface area contributed by atoms with Crippen LogP contribution < -0.4 is 4.74 Å². The van der Waals surface area contributed by atoms with Gasteiger partial charge in [-0.05, 0) is 13.0 Å². The first-order chi connectivity index (χ1) is 10.2. The van der Waals surface area contributed by atoms with E-state index in [0.29, 0.717) is 12.2 Å². The topological polar surface area (TPSA) is 66.2 Å². The lowest BCUT2D eigenvalue weighted by atomic mass is 10.2. The lowest BCUT2D eigenvalue weighted by molar-refractivity contribution is 0.0542. The van der Waals surface area contributed by atoms with Crippen molar-refractivity contribution in [3.8, 4) is 5.75 Å². The van der Waals surface area contributed by atoms with Gasteiger partial charge < -0.3 is 9.47 Å². The summed E-state index contributed by atoms with van der Waals surface area (Å²) >= 11 is 0. The molecule has 0 unspecified atom stereocenters. The zero-order chi connectivity index (χ0) is 15.2. The van der Waals surface area contributed by atoms with Crippen LogP contribution in [0.4, 0.5) is 0 Å². The van der Waals surface area contributed by atoms with Crippen molar-refractivity contribution in [2.75, 3.05) is 13.7 Å². The molecule has 1 aromatic carbocycles. The van der Waals surface area contributed by atoms with E-state index in [2.05, 4.69) is 16.9 Å². The molecule has 1 heterocycles. The first-order valence-electron chi connectivity index (χ1n) is 6.47. The van der Waals surface area contributed by atoms with Crippen LogP contribution in [0.3, 0.4) is 0 Å². The summed E-state index contributed by atoms with van der Waals surface area (Å²) in [6.07, 6.45) is 1.51. The Morgan fingerprint density at radius 2 is 2.19 bits per heavy atom. The van der Waals surface area contributed by atoms with Crippen molar-refractivity contribution in [3.63, 3.8) is 0 Å². The van der Waals surface area contributed by atoms with Crippen molar-refractivity contribution >= 4 is 5.97 Å². The van der Waals surface area contributed by atoms with Gasteiger partial charge in [0.2, 0.25) is 0 Å². The van der Waals surface area contributed by atoms with E-state index >= 15 is 0 Å². The molecular formula is C15H17N3O3. The van der Waals surface area contributed by atoms with Gasteiger partial charge in [-0.3, -0.25) is 0 Å². The summed E-state index contributed by atoms with van der Waals surface area (Å²) in [7, 11) is 1.62. The summed E-state index contributed by atoms with van der Waals surface area (Å²) in [5.74, 6) is 0.266. The Kier molecular flexibility index (Phi) is 4.71. The summed E-state index contributed by atoms with van der Waals surface area (Å²) in [5, 5.41) is 7.88. The van der Waals surface area contributed by atoms with Crippen molar-refractivity contribution < 1.29 is 14.3 Å². The van der Waals surface area contributed by atoms with Crippen LogP contribution in [0.5, 0.6) is 5.75 Å². The highest BCUT2D eigenvalue weighted by Crippen LogP contribution is 2.19. The summed E-state index contributed by atoms with van der Waals surface area (Å²) in [5.41, 5.74) is 1.82. The average Bonchev–Trinajstić information content (AvgIpc) is 2.86. The Balaban J connectivity index is 2.20. The SMILES string of the molecule is C=CCOC(=O)c1nnn(Cc2ccccc2OC)c1C. The molecule has 6 heteroatoms. The number of hydrogen-bond donors (Lipinski definition) is 0. The molecule has 2 aromatic rings. The van der Waals surface area contributed by atoms with Crippen molar-refractivity contribution in [2.45, 2.75) is 13.5 Å². The molecule has 0 N–H and O–H groups in total. The summed E-state index contributed by atoms with van der Waals surface area (Å²) in [4.78, 5) is 11.8. The van der Waals surface area contributed by atoms with E-state index in [1.54, 1.807) is 18.7 Å². The smallest absolute Gasteiger partial charge is 0.361 e. The maximum Gasteiger partial charge on any atom is 0.361 e. The molecule has 0 saturated carbocycles. The van der Waals surface area contributed by atoms with Crippen LogP contribution >= 0.6 is 0 Å². The first-order valence-corrected chi connectivity index (χ1v) is 6.47. The first kappa shape index (κ1) is 14.8. The highest BCUT2D eigenvalue weighted by atomic mass is 16.5. The molecule has 6 nitrogen and oxygen atoms in total. The molecule has 1 aromatic heterocycles. The maximum absolute atomic E-state index is 11.8. The number of hydrogen-bond acceptors (Lipinski definition) is 5. The van der Waals surface area contributed by atoms with Crippen LogP contribution in [0, 0.1) is 6.92 Å². The molecule has 0 radical (unpaired) electrons. The van der Waals surface area contributed by atoms with Gasteiger partial charge in [-0.2, -0.15) is 0 Å². The highest BCUT2D eigenvalue weighted by Gasteiger charge is 2.18. The maximum atomic E-state index is 11.8. The third-order valence-electron chi connectivity index (χ3n) is 3.02. The van der Waals surface area contributed by atoms with E-state index in [1.165, 1.54) is 6.08 Å². The fraction of sp³-hybridized carbons (Fsp3) is 0.267. The molecule has 21 heavy (non-hydrogen) atoms. The second-order valence-electron chi connectivity index (χ2n) is 4.38. The van der Waals surface area contributed by atoms with Gasteiger partial charge in [0.1, 0.15) is 12.4 Å². The number of benzene rings is 1. The van der Waals surface area contributed by atoms with Gasteiger partial charge in [-0.1, -0.05) is 36.1 Å². The summed E-state index contributed by atoms with van der Waals surface area (Å²) < 4.78 is 11.9. The van der Waals surface area contributed by atoms with Crippen molar-refractivity contribution in [2.24, 2.45) is 0 Å². The molecule has 0 amide bonds. The number of rotatable bonds is 6. The zero-order valence-corrected chi connectivity index (χ0v) is 12.1. The number of nitrogens with zero attached hydrogens (tertiary/aromatic N) is 3. The highest BCUT2D eigenvalue weighted by molar-refractivity contribution is 5.88. The fourth-order valence-electron chi connectivity index (χ4n) is 1.90. The molecular weight excluding hydrogens is 270 g/mol. The molecule has 0 aliphatic rings. The van der Waals surface area contributed by atoms with E-state index < -0.39 is 5.97 Å². The van der Waals surface area contributed by atoms with Crippen LogP contribution in [0.15, 0.2) is 36.9 Å². The lowest BCUT2D eigenvalue weighted by Gasteiger charge is -2.08. The molecule has 2 rings (SSSR count). The quantitative estimate of drug-likeness (QED) is 0.600. The lowest BCUT2D eigenvalue weighted by Crippen LogP contribution is -2.09. The van der Waals surface area contributed by atoms with E-state index in [0.717, 1.165) is 11.3 Å². The minimum absolute atomic E-state index is 0.150. The van der Waals surface area contributed by atoms with Crippen molar-refractivity contribution in [1.82, 2.24) is 15.0 Å². The molecule has 0 bridgehead atoms. The van der Waals surface area contributed by atoms with Crippen LogP contribution in [0.1, 0.15) is 21.7 Å². The Labute approximate surface area is 123 Å². The van der Waals surface area contributed by atoms with E-state index in [9.17, 15) is 4.79 Å². The van der Waals surface area contributed by atoms with Gasteiger partial charge in [-0.25, -0.2) is 9.48 Å². The van der Waals surface area contributed by atoms with E-state index in [4.69, 9.17) is 9.47 Å². The largest absolute Gasteiger partial charge is 0.496 e. The van der Waals surface area contributed by atoms with Gasteiger partial charge in [0, 0.05) is 5.56 Å². The monoisotopic (exact) mass is 287 g/mol. The number of carbonyl (C=O) groups is 1. The molecule has 0 fully saturated rings. The molecule has 0 saturated heterocycles. The summed E-state index contributed by atoms with van der Waals surface area (Å²) in [6.45, 7) is 5.89. The molecule has 0 spiro atoms. The minimum atomic E-state index is -0.501. The Morgan fingerprint density at radius 3 is 2.90 bits per heavy atom. The number of para-hydroxylation sites is 1. The third-order valence-corrected chi connectivity index (χ3v) is 3.02. The van der Waals surface area contributed by atoms with Gasteiger partial charge in [-0.15, -0.1) is 5.10 Å². The zero-order valence-electron chi connectivity index (χ0n) is 12.1. The predicted molar refractivity (Wildman–Crippen MR) is 77.3 cm³/mol. The summed E-state index contributed by atoms with van der Waals surface area (Å²) in [6, 6.07) is 7.63. The average molecular weight is 287 g/mol. The molecule has 0 aliphatic heterocycles. The Hall–Kier alpha value is -2.63. The van der Waals surface area contributed by atoms with Crippen molar-refractivity contribution in [1.29, 1.82) is 0 Å². The van der Waals surface area contributed by atoms with Crippen LogP contribution in [-0.4, -0.2) is 34.7 Å². The second-order valence-corrected chi connectivity index (χ2v) is 4.38. The number of ether oxygens (including phenoxy) is 2. The second kappa shape index (κ2) is 6.69. The number of methoxy groups -OCH3 is 1. The van der Waals surface area contributed by atoms with Gasteiger partial charge in [0.25, 0.3) is 0 Å². The van der Waals surface area contributed by atoms with E-state index in [1.807, 2.05) is 24.3 Å². The Morgan fingerprint density at radius 1 is 1.43 bits per heavy atom. The predicted octanol–water partition coefficient (Wildman–Crippen LogP) is 1.99. The minimum Gasteiger partial charge on any atom is -0.496 e. The van der Waals surface area contributed by atoms with Crippen LogP contribution in [0.2, 0.25) is 0 Å². The number of carbonyl (C=O) groups excluding carboxylic acids is 1.